The Morgan fingerprint density at radius 3 is 2.65 bits per heavy atom. The van der Waals surface area contributed by atoms with Crippen LogP contribution in [0.2, 0.25) is 0 Å². The van der Waals surface area contributed by atoms with Gasteiger partial charge in [0.1, 0.15) is 11.5 Å². The van der Waals surface area contributed by atoms with E-state index in [4.69, 9.17) is 9.84 Å². The summed E-state index contributed by atoms with van der Waals surface area (Å²) in [4.78, 5) is 21.8. The van der Waals surface area contributed by atoms with Crippen LogP contribution in [0.15, 0.2) is 24.3 Å². The van der Waals surface area contributed by atoms with Crippen LogP contribution in [0.5, 0.6) is 11.5 Å². The number of ether oxygens (including phenoxy) is 2. The van der Waals surface area contributed by atoms with Crippen LogP contribution in [-0.2, 0) is 4.74 Å². The van der Waals surface area contributed by atoms with Crippen LogP contribution in [0.4, 0.5) is 9.59 Å². The van der Waals surface area contributed by atoms with Crippen molar-refractivity contribution in [1.29, 1.82) is 0 Å². The van der Waals surface area contributed by atoms with Crippen molar-refractivity contribution in [3.8, 4) is 11.5 Å². The minimum absolute atomic E-state index is 0.0111. The lowest BCUT2D eigenvalue weighted by Crippen LogP contribution is -2.38. The number of phenols is 1. The van der Waals surface area contributed by atoms with Crippen LogP contribution in [-0.4, -0.2) is 31.1 Å². The second kappa shape index (κ2) is 6.21. The molecule has 7 nitrogen and oxygen atoms in total. The molecule has 0 fully saturated rings. The molecule has 1 rings (SSSR count). The van der Waals surface area contributed by atoms with Gasteiger partial charge in [0.25, 0.3) is 0 Å². The van der Waals surface area contributed by atoms with Crippen LogP contribution in [0.25, 0.3) is 0 Å². The molecule has 0 bridgehead atoms. The molecular formula is C10H12N2O5. The molecule has 17 heavy (non-hydrogen) atoms. The van der Waals surface area contributed by atoms with Crippen molar-refractivity contribution in [3.05, 3.63) is 24.3 Å². The molecule has 0 heterocycles. The molecule has 7 heteroatoms. The van der Waals surface area contributed by atoms with Gasteiger partial charge in [-0.15, -0.1) is 0 Å². The lowest BCUT2D eigenvalue weighted by atomic mass is 10.3. The normalized spacial score (nSPS) is 9.24. The van der Waals surface area contributed by atoms with Crippen LogP contribution in [0.1, 0.15) is 0 Å². The van der Waals surface area contributed by atoms with Crippen molar-refractivity contribution in [3.63, 3.8) is 0 Å². The number of amides is 2. The molecule has 1 aromatic carbocycles. The molecule has 0 radical (unpaired) electrons. The Kier molecular flexibility index (Phi) is 4.61. The number of methoxy groups -OCH3 is 1. The number of rotatable bonds is 3. The van der Waals surface area contributed by atoms with Gasteiger partial charge in [-0.05, 0) is 12.1 Å². The van der Waals surface area contributed by atoms with Gasteiger partial charge in [0.15, 0.2) is 0 Å². The lowest BCUT2D eigenvalue weighted by Gasteiger charge is -2.07. The van der Waals surface area contributed by atoms with E-state index in [2.05, 4.69) is 15.4 Å². The van der Waals surface area contributed by atoms with E-state index >= 15 is 0 Å². The highest BCUT2D eigenvalue weighted by molar-refractivity contribution is 5.71. The summed E-state index contributed by atoms with van der Waals surface area (Å²) in [6, 6.07) is 5.77. The van der Waals surface area contributed by atoms with Gasteiger partial charge in [0, 0.05) is 6.07 Å². The van der Waals surface area contributed by atoms with Crippen LogP contribution >= 0.6 is 0 Å². The van der Waals surface area contributed by atoms with Gasteiger partial charge in [-0.3, -0.25) is 0 Å². The van der Waals surface area contributed by atoms with Gasteiger partial charge in [0.05, 0.1) is 13.8 Å². The summed E-state index contributed by atoms with van der Waals surface area (Å²) in [5.41, 5.74) is 0. The molecule has 0 aliphatic carbocycles. The molecule has 0 spiro atoms. The van der Waals surface area contributed by atoms with E-state index in [1.165, 1.54) is 31.4 Å². The monoisotopic (exact) mass is 240 g/mol. The van der Waals surface area contributed by atoms with Crippen LogP contribution in [0, 0.1) is 0 Å². The summed E-state index contributed by atoms with van der Waals surface area (Å²) in [6.45, 7) is -0.121. The first kappa shape index (κ1) is 12.6. The molecule has 0 saturated carbocycles. The predicted octanol–water partition coefficient (Wildman–Crippen LogP) is 0.794. The molecule has 0 aliphatic rings. The van der Waals surface area contributed by atoms with Gasteiger partial charge in [-0.2, -0.15) is 0 Å². The number of carbonyl (C=O) groups is 2. The molecule has 92 valence electrons. The molecule has 2 amide bonds. The minimum atomic E-state index is -0.757. The predicted molar refractivity (Wildman–Crippen MR) is 57.7 cm³/mol. The van der Waals surface area contributed by atoms with Crippen molar-refractivity contribution in [2.75, 3.05) is 13.8 Å². The molecular weight excluding hydrogens is 228 g/mol. The average molecular weight is 240 g/mol. The Balaban J connectivity index is 2.32. The molecule has 0 saturated heterocycles. The van der Waals surface area contributed by atoms with E-state index in [0.717, 1.165) is 0 Å². The third-order valence-electron chi connectivity index (χ3n) is 1.68. The smallest absolute Gasteiger partial charge is 0.413 e. The van der Waals surface area contributed by atoms with Crippen molar-refractivity contribution in [1.82, 2.24) is 10.6 Å². The number of nitrogens with one attached hydrogen (secondary N) is 2. The Morgan fingerprint density at radius 1 is 1.29 bits per heavy atom. The lowest BCUT2D eigenvalue weighted by molar-refractivity contribution is 0.169. The van der Waals surface area contributed by atoms with Gasteiger partial charge in [-0.25, -0.2) is 9.59 Å². The summed E-state index contributed by atoms with van der Waals surface area (Å²) in [5.74, 6) is 0.184. The highest BCUT2D eigenvalue weighted by Gasteiger charge is 2.05. The largest absolute Gasteiger partial charge is 0.508 e. The molecule has 0 aliphatic heterocycles. The Labute approximate surface area is 97.3 Å². The summed E-state index contributed by atoms with van der Waals surface area (Å²) in [7, 11) is 1.21. The fraction of sp³-hybridized carbons (Fsp3) is 0.200. The second-order valence-corrected chi connectivity index (χ2v) is 2.91. The van der Waals surface area contributed by atoms with E-state index < -0.39 is 12.2 Å². The topological polar surface area (TPSA) is 96.9 Å². The van der Waals surface area contributed by atoms with E-state index in [0.29, 0.717) is 0 Å². The third kappa shape index (κ3) is 4.74. The number of hydrogen-bond donors (Lipinski definition) is 3. The maximum Gasteiger partial charge on any atom is 0.413 e. The first-order valence-electron chi connectivity index (χ1n) is 4.68. The maximum absolute atomic E-state index is 11.2. The molecule has 0 aromatic heterocycles. The Hall–Kier alpha value is -2.44. The van der Waals surface area contributed by atoms with Crippen LogP contribution < -0.4 is 15.4 Å². The highest BCUT2D eigenvalue weighted by atomic mass is 16.6. The van der Waals surface area contributed by atoms with Crippen LogP contribution in [0.3, 0.4) is 0 Å². The molecule has 0 atom stereocenters. The van der Waals surface area contributed by atoms with E-state index in [-0.39, 0.29) is 18.2 Å². The number of phenolic OH excluding ortho intramolecular Hbond substituents is 1. The second-order valence-electron chi connectivity index (χ2n) is 2.91. The van der Waals surface area contributed by atoms with Crippen molar-refractivity contribution in [2.24, 2.45) is 0 Å². The Morgan fingerprint density at radius 2 is 2.00 bits per heavy atom. The summed E-state index contributed by atoms with van der Waals surface area (Å²) in [5, 5.41) is 13.6. The number of benzene rings is 1. The van der Waals surface area contributed by atoms with Crippen molar-refractivity contribution >= 4 is 12.2 Å². The van der Waals surface area contributed by atoms with Crippen molar-refractivity contribution < 1.29 is 24.2 Å². The molecule has 3 N–H and O–H groups in total. The zero-order chi connectivity index (χ0) is 12.7. The summed E-state index contributed by atoms with van der Waals surface area (Å²) < 4.78 is 9.10. The van der Waals surface area contributed by atoms with Gasteiger partial charge < -0.3 is 25.2 Å². The zero-order valence-electron chi connectivity index (χ0n) is 9.10. The maximum atomic E-state index is 11.2. The first-order valence-corrected chi connectivity index (χ1v) is 4.68. The zero-order valence-corrected chi connectivity index (χ0v) is 9.10. The Bertz CT molecular complexity index is 407. The minimum Gasteiger partial charge on any atom is -0.508 e. The first-order chi connectivity index (χ1) is 8.11. The summed E-state index contributed by atoms with van der Waals surface area (Å²) >= 11 is 0. The van der Waals surface area contributed by atoms with Gasteiger partial charge >= 0.3 is 12.2 Å². The third-order valence-corrected chi connectivity index (χ3v) is 1.68. The van der Waals surface area contributed by atoms with E-state index in [1.54, 1.807) is 0 Å². The number of aromatic hydroxyl groups is 1. The fourth-order valence-electron chi connectivity index (χ4n) is 0.951. The molecule has 0 unspecified atom stereocenters. The standard InChI is InChI=1S/C10H12N2O5/c1-16-9(14)11-6-12-10(15)17-8-4-2-3-7(13)5-8/h2-5,13H,6H2,1H3,(H,11,14)(H,12,15). The van der Waals surface area contributed by atoms with Gasteiger partial charge in [-0.1, -0.05) is 6.07 Å². The SMILES string of the molecule is COC(=O)NCNC(=O)Oc1cccc(O)c1. The fourth-order valence-corrected chi connectivity index (χ4v) is 0.951. The summed E-state index contributed by atoms with van der Waals surface area (Å²) in [6.07, 6.45) is -1.42. The van der Waals surface area contributed by atoms with Gasteiger partial charge in [0.2, 0.25) is 0 Å². The number of carbonyl (C=O) groups excluding carboxylic acids is 2. The quantitative estimate of drug-likeness (QED) is 0.679. The van der Waals surface area contributed by atoms with Crippen molar-refractivity contribution in [2.45, 2.75) is 0 Å². The highest BCUT2D eigenvalue weighted by Crippen LogP contribution is 2.17. The number of hydrogen-bond acceptors (Lipinski definition) is 5. The van der Waals surface area contributed by atoms with E-state index in [1.807, 2.05) is 0 Å². The molecule has 1 aromatic rings. The number of alkyl carbamates (subject to hydrolysis) is 1. The van der Waals surface area contributed by atoms with E-state index in [9.17, 15) is 9.59 Å². The average Bonchev–Trinajstić information content (AvgIpc) is 2.28.